The normalized spacial score (nSPS) is 11.9. The molecule has 0 spiro atoms. The molecule has 1 heterocycles. The Bertz CT molecular complexity index is 510. The number of hydrogen-bond donors (Lipinski definition) is 1. The molecule has 0 radical (unpaired) electrons. The van der Waals surface area contributed by atoms with Gasteiger partial charge in [-0.05, 0) is 29.9 Å². The highest BCUT2D eigenvalue weighted by Gasteiger charge is 2.28. The van der Waals surface area contributed by atoms with E-state index in [2.05, 4.69) is 24.9 Å². The average Bonchev–Trinajstić information content (AvgIpc) is 2.38. The van der Waals surface area contributed by atoms with Gasteiger partial charge in [-0.1, -0.05) is 44.9 Å². The number of rotatable bonds is 5. The molecule has 0 saturated carbocycles. The van der Waals surface area contributed by atoms with Crippen LogP contribution in [0.2, 0.25) is 0 Å². The van der Waals surface area contributed by atoms with Crippen LogP contribution in [0.4, 0.5) is 0 Å². The van der Waals surface area contributed by atoms with Crippen LogP contribution >= 0.6 is 0 Å². The first-order chi connectivity index (χ1) is 8.71. The molecule has 0 amide bonds. The lowest BCUT2D eigenvalue weighted by Crippen LogP contribution is -2.25. The minimum Gasteiger partial charge on any atom is -0.385 e. The fraction of sp³-hybridized carbons (Fsp3) is 0.438. The first-order valence-corrected chi connectivity index (χ1v) is 6.77. The van der Waals surface area contributed by atoms with Gasteiger partial charge in [-0.2, -0.15) is 0 Å². The number of nitrogens with zero attached hydrogens (tertiary/aromatic N) is 1. The lowest BCUT2D eigenvalue weighted by atomic mass is 9.83. The smallest absolute Gasteiger partial charge is 0.0902 e. The summed E-state index contributed by atoms with van der Waals surface area (Å²) in [4.78, 5) is 4.20. The summed E-state index contributed by atoms with van der Waals surface area (Å²) in [6.45, 7) is 4.23. The Morgan fingerprint density at radius 1 is 1.11 bits per heavy atom. The van der Waals surface area contributed by atoms with E-state index in [9.17, 15) is 5.11 Å². The molecule has 96 valence electrons. The number of fused-ring (bicyclic) bond motifs is 1. The Labute approximate surface area is 109 Å². The highest BCUT2D eigenvalue weighted by atomic mass is 16.3. The van der Waals surface area contributed by atoms with Crippen molar-refractivity contribution >= 4 is 10.8 Å². The standard InChI is InChI=1S/C16H21NO/c1-3-9-16(18,10-4-2)15-7-5-6-13-8-11-17-12-14(13)15/h5-8,11-12,18H,3-4,9-10H2,1-2H3. The van der Waals surface area contributed by atoms with Crippen molar-refractivity contribution in [2.24, 2.45) is 0 Å². The minimum atomic E-state index is -0.716. The van der Waals surface area contributed by atoms with Crippen molar-refractivity contribution in [2.75, 3.05) is 0 Å². The Balaban J connectivity index is 2.56. The van der Waals surface area contributed by atoms with Gasteiger partial charge in [0.25, 0.3) is 0 Å². The van der Waals surface area contributed by atoms with E-state index in [1.165, 1.54) is 0 Å². The van der Waals surface area contributed by atoms with E-state index in [1.807, 2.05) is 24.4 Å². The molecule has 0 unspecified atom stereocenters. The molecule has 0 saturated heterocycles. The molecule has 0 aliphatic heterocycles. The molecule has 0 fully saturated rings. The molecule has 2 heteroatoms. The zero-order valence-electron chi connectivity index (χ0n) is 11.2. The van der Waals surface area contributed by atoms with Crippen molar-refractivity contribution in [1.29, 1.82) is 0 Å². The van der Waals surface area contributed by atoms with Crippen molar-refractivity contribution in [3.8, 4) is 0 Å². The molecule has 1 aromatic carbocycles. The van der Waals surface area contributed by atoms with Gasteiger partial charge < -0.3 is 5.11 Å². The van der Waals surface area contributed by atoms with Crippen LogP contribution in [-0.2, 0) is 5.60 Å². The van der Waals surface area contributed by atoms with Crippen molar-refractivity contribution in [2.45, 2.75) is 45.1 Å². The summed E-state index contributed by atoms with van der Waals surface area (Å²) >= 11 is 0. The maximum atomic E-state index is 11.0. The van der Waals surface area contributed by atoms with Crippen molar-refractivity contribution in [3.05, 3.63) is 42.2 Å². The Morgan fingerprint density at radius 3 is 2.50 bits per heavy atom. The molecular weight excluding hydrogens is 222 g/mol. The zero-order valence-corrected chi connectivity index (χ0v) is 11.2. The summed E-state index contributed by atoms with van der Waals surface area (Å²) in [6.07, 6.45) is 7.22. The van der Waals surface area contributed by atoms with E-state index in [0.29, 0.717) is 0 Å². The monoisotopic (exact) mass is 243 g/mol. The average molecular weight is 243 g/mol. The van der Waals surface area contributed by atoms with Crippen LogP contribution in [0, 0.1) is 0 Å². The molecule has 2 rings (SSSR count). The quantitative estimate of drug-likeness (QED) is 0.860. The Hall–Kier alpha value is -1.41. The first-order valence-electron chi connectivity index (χ1n) is 6.77. The van der Waals surface area contributed by atoms with Gasteiger partial charge >= 0.3 is 0 Å². The maximum absolute atomic E-state index is 11.0. The molecule has 2 aromatic rings. The second-order valence-corrected chi connectivity index (χ2v) is 4.93. The van der Waals surface area contributed by atoms with Crippen LogP contribution in [-0.4, -0.2) is 10.1 Å². The summed E-state index contributed by atoms with van der Waals surface area (Å²) in [5.74, 6) is 0. The van der Waals surface area contributed by atoms with Gasteiger partial charge in [0.2, 0.25) is 0 Å². The number of hydrogen-bond acceptors (Lipinski definition) is 2. The minimum absolute atomic E-state index is 0.716. The fourth-order valence-electron chi connectivity index (χ4n) is 2.74. The van der Waals surface area contributed by atoms with Crippen LogP contribution in [0.3, 0.4) is 0 Å². The van der Waals surface area contributed by atoms with Gasteiger partial charge in [-0.15, -0.1) is 0 Å². The number of aromatic nitrogens is 1. The maximum Gasteiger partial charge on any atom is 0.0902 e. The van der Waals surface area contributed by atoms with Crippen LogP contribution < -0.4 is 0 Å². The predicted octanol–water partition coefficient (Wildman–Crippen LogP) is 4.02. The summed E-state index contributed by atoms with van der Waals surface area (Å²) in [5, 5.41) is 13.2. The number of aliphatic hydroxyl groups is 1. The van der Waals surface area contributed by atoms with Gasteiger partial charge in [0.1, 0.15) is 0 Å². The van der Waals surface area contributed by atoms with Crippen LogP contribution in [0.5, 0.6) is 0 Å². The lowest BCUT2D eigenvalue weighted by Gasteiger charge is -2.29. The third-order valence-electron chi connectivity index (χ3n) is 3.51. The SMILES string of the molecule is CCCC(O)(CCC)c1cccc2ccncc12. The largest absolute Gasteiger partial charge is 0.385 e. The molecule has 0 bridgehead atoms. The number of pyridine rings is 1. The Kier molecular flexibility index (Phi) is 3.97. The predicted molar refractivity (Wildman–Crippen MR) is 75.5 cm³/mol. The van der Waals surface area contributed by atoms with E-state index in [4.69, 9.17) is 0 Å². The van der Waals surface area contributed by atoms with Gasteiger partial charge in [-0.25, -0.2) is 0 Å². The zero-order chi connectivity index (χ0) is 13.0. The Morgan fingerprint density at radius 2 is 1.83 bits per heavy atom. The van der Waals surface area contributed by atoms with E-state index in [0.717, 1.165) is 42.0 Å². The lowest BCUT2D eigenvalue weighted by molar-refractivity contribution is 0.0184. The van der Waals surface area contributed by atoms with Gasteiger partial charge in [0.05, 0.1) is 5.60 Å². The molecule has 18 heavy (non-hydrogen) atoms. The number of benzene rings is 1. The fourth-order valence-corrected chi connectivity index (χ4v) is 2.74. The van der Waals surface area contributed by atoms with Crippen molar-refractivity contribution in [3.63, 3.8) is 0 Å². The highest BCUT2D eigenvalue weighted by molar-refractivity contribution is 5.85. The summed E-state index contributed by atoms with van der Waals surface area (Å²) in [6, 6.07) is 8.12. The molecule has 1 N–H and O–H groups in total. The summed E-state index contributed by atoms with van der Waals surface area (Å²) < 4.78 is 0. The molecule has 2 nitrogen and oxygen atoms in total. The second-order valence-electron chi connectivity index (χ2n) is 4.93. The van der Waals surface area contributed by atoms with Crippen LogP contribution in [0.25, 0.3) is 10.8 Å². The van der Waals surface area contributed by atoms with E-state index in [-0.39, 0.29) is 0 Å². The molecular formula is C16H21NO. The summed E-state index contributed by atoms with van der Waals surface area (Å²) in [7, 11) is 0. The van der Waals surface area contributed by atoms with E-state index in [1.54, 1.807) is 6.20 Å². The first kappa shape index (κ1) is 13.0. The molecule has 1 aromatic heterocycles. The van der Waals surface area contributed by atoms with Crippen molar-refractivity contribution in [1.82, 2.24) is 4.98 Å². The van der Waals surface area contributed by atoms with Gasteiger partial charge in [0, 0.05) is 17.8 Å². The molecule has 0 aliphatic rings. The topological polar surface area (TPSA) is 33.1 Å². The van der Waals surface area contributed by atoms with Gasteiger partial charge in [-0.3, -0.25) is 4.98 Å². The van der Waals surface area contributed by atoms with E-state index >= 15 is 0 Å². The van der Waals surface area contributed by atoms with Crippen molar-refractivity contribution < 1.29 is 5.11 Å². The summed E-state index contributed by atoms with van der Waals surface area (Å²) in [5.41, 5.74) is 0.309. The van der Waals surface area contributed by atoms with Crippen LogP contribution in [0.1, 0.15) is 45.1 Å². The molecule has 0 atom stereocenters. The third-order valence-corrected chi connectivity index (χ3v) is 3.51. The third kappa shape index (κ3) is 2.39. The van der Waals surface area contributed by atoms with Crippen LogP contribution in [0.15, 0.2) is 36.7 Å². The highest BCUT2D eigenvalue weighted by Crippen LogP contribution is 2.35. The molecule has 0 aliphatic carbocycles. The van der Waals surface area contributed by atoms with E-state index < -0.39 is 5.60 Å². The second kappa shape index (κ2) is 5.49. The van der Waals surface area contributed by atoms with Gasteiger partial charge in [0.15, 0.2) is 0 Å².